The molecule has 1 N–H and O–H groups in total. The molecule has 0 saturated heterocycles. The van der Waals surface area contributed by atoms with Gasteiger partial charge in [0.15, 0.2) is 0 Å². The summed E-state index contributed by atoms with van der Waals surface area (Å²) >= 11 is 0. The van der Waals surface area contributed by atoms with Gasteiger partial charge < -0.3 is 9.73 Å². The molecule has 2 nitrogen and oxygen atoms in total. The zero-order valence-electron chi connectivity index (χ0n) is 11.0. The summed E-state index contributed by atoms with van der Waals surface area (Å²) in [5.41, 5.74) is 1.34. The van der Waals surface area contributed by atoms with Gasteiger partial charge in [0.05, 0.1) is 6.26 Å². The largest absolute Gasteiger partial charge is 0.469 e. The van der Waals surface area contributed by atoms with Crippen molar-refractivity contribution in [2.24, 2.45) is 5.92 Å². The van der Waals surface area contributed by atoms with Crippen molar-refractivity contribution in [2.75, 3.05) is 6.54 Å². The lowest BCUT2D eigenvalue weighted by molar-refractivity contribution is 0.337. The van der Waals surface area contributed by atoms with Crippen LogP contribution in [0, 0.1) is 12.8 Å². The average molecular weight is 223 g/mol. The molecule has 0 saturated carbocycles. The maximum absolute atomic E-state index is 5.42. The number of hydrogen-bond donors (Lipinski definition) is 1. The third kappa shape index (κ3) is 3.11. The van der Waals surface area contributed by atoms with Gasteiger partial charge in [0, 0.05) is 11.6 Å². The maximum atomic E-state index is 5.42. The highest BCUT2D eigenvalue weighted by molar-refractivity contribution is 5.21. The highest BCUT2D eigenvalue weighted by Gasteiger charge is 2.22. The molecule has 1 unspecified atom stereocenters. The Bertz CT molecular complexity index is 289. The van der Waals surface area contributed by atoms with E-state index in [-0.39, 0.29) is 0 Å². The average Bonchev–Trinajstić information content (AvgIpc) is 2.71. The Morgan fingerprint density at radius 3 is 2.38 bits per heavy atom. The van der Waals surface area contributed by atoms with Gasteiger partial charge in [0.1, 0.15) is 5.76 Å². The van der Waals surface area contributed by atoms with E-state index in [0.29, 0.717) is 12.0 Å². The van der Waals surface area contributed by atoms with Crippen LogP contribution in [0.15, 0.2) is 16.7 Å². The van der Waals surface area contributed by atoms with Gasteiger partial charge in [0.25, 0.3) is 0 Å². The summed E-state index contributed by atoms with van der Waals surface area (Å²) in [5.74, 6) is 1.75. The molecule has 2 heteroatoms. The summed E-state index contributed by atoms with van der Waals surface area (Å²) in [7, 11) is 0. The second-order valence-electron chi connectivity index (χ2n) is 4.44. The topological polar surface area (TPSA) is 25.2 Å². The third-order valence-electron chi connectivity index (χ3n) is 3.37. The lowest BCUT2D eigenvalue weighted by Crippen LogP contribution is -2.28. The molecule has 0 amide bonds. The highest BCUT2D eigenvalue weighted by Crippen LogP contribution is 2.29. The fourth-order valence-electron chi connectivity index (χ4n) is 2.31. The minimum Gasteiger partial charge on any atom is -0.469 e. The SMILES string of the molecule is CCCNC(c1ccoc1C)C(CC)CC. The van der Waals surface area contributed by atoms with E-state index in [1.165, 1.54) is 24.8 Å². The summed E-state index contributed by atoms with van der Waals surface area (Å²) in [4.78, 5) is 0. The first kappa shape index (κ1) is 13.3. The van der Waals surface area contributed by atoms with E-state index in [1.807, 2.05) is 0 Å². The molecule has 0 aromatic carbocycles. The zero-order chi connectivity index (χ0) is 12.0. The summed E-state index contributed by atoms with van der Waals surface area (Å²) in [6.07, 6.45) is 5.40. The van der Waals surface area contributed by atoms with E-state index in [2.05, 4.69) is 39.1 Å². The van der Waals surface area contributed by atoms with Gasteiger partial charge in [0.2, 0.25) is 0 Å². The molecule has 1 aromatic heterocycles. The molecule has 1 aromatic rings. The van der Waals surface area contributed by atoms with E-state index < -0.39 is 0 Å². The smallest absolute Gasteiger partial charge is 0.105 e. The number of nitrogens with one attached hydrogen (secondary N) is 1. The van der Waals surface area contributed by atoms with Gasteiger partial charge in [-0.05, 0) is 31.9 Å². The predicted octanol–water partition coefficient (Wildman–Crippen LogP) is 4.06. The first-order valence-electron chi connectivity index (χ1n) is 6.51. The van der Waals surface area contributed by atoms with E-state index in [4.69, 9.17) is 4.42 Å². The van der Waals surface area contributed by atoms with E-state index in [1.54, 1.807) is 6.26 Å². The first-order chi connectivity index (χ1) is 7.74. The molecular formula is C14H25NO. The number of hydrogen-bond acceptors (Lipinski definition) is 2. The summed E-state index contributed by atoms with van der Waals surface area (Å²) < 4.78 is 5.42. The van der Waals surface area contributed by atoms with Crippen LogP contribution in [0.1, 0.15) is 57.4 Å². The number of rotatable bonds is 7. The number of aryl methyl sites for hydroxylation is 1. The molecular weight excluding hydrogens is 198 g/mol. The van der Waals surface area contributed by atoms with Crippen molar-refractivity contribution in [3.8, 4) is 0 Å². The summed E-state index contributed by atoms with van der Waals surface area (Å²) in [5, 5.41) is 3.65. The highest BCUT2D eigenvalue weighted by atomic mass is 16.3. The van der Waals surface area contributed by atoms with Crippen LogP contribution >= 0.6 is 0 Å². The van der Waals surface area contributed by atoms with Crippen LogP contribution in [0.5, 0.6) is 0 Å². The predicted molar refractivity (Wildman–Crippen MR) is 68.6 cm³/mol. The normalized spacial score (nSPS) is 13.3. The summed E-state index contributed by atoms with van der Waals surface area (Å²) in [6, 6.07) is 2.56. The van der Waals surface area contributed by atoms with Gasteiger partial charge in [-0.25, -0.2) is 0 Å². The van der Waals surface area contributed by atoms with Crippen molar-refractivity contribution in [1.82, 2.24) is 5.32 Å². The minimum absolute atomic E-state index is 0.452. The van der Waals surface area contributed by atoms with Crippen molar-refractivity contribution in [1.29, 1.82) is 0 Å². The lowest BCUT2D eigenvalue weighted by atomic mass is 9.89. The van der Waals surface area contributed by atoms with Crippen LogP contribution in [0.4, 0.5) is 0 Å². The van der Waals surface area contributed by atoms with Crippen LogP contribution < -0.4 is 5.32 Å². The standard InChI is InChI=1S/C14H25NO/c1-5-9-15-14(12(6-2)7-3)13-8-10-16-11(13)4/h8,10,12,14-15H,5-7,9H2,1-4H3. The van der Waals surface area contributed by atoms with Gasteiger partial charge in [-0.3, -0.25) is 0 Å². The van der Waals surface area contributed by atoms with Gasteiger partial charge >= 0.3 is 0 Å². The first-order valence-corrected chi connectivity index (χ1v) is 6.51. The van der Waals surface area contributed by atoms with Gasteiger partial charge in [-0.15, -0.1) is 0 Å². The second kappa shape index (κ2) is 6.74. The van der Waals surface area contributed by atoms with Crippen LogP contribution in [0.3, 0.4) is 0 Å². The van der Waals surface area contributed by atoms with E-state index >= 15 is 0 Å². The van der Waals surface area contributed by atoms with E-state index in [0.717, 1.165) is 12.3 Å². The molecule has 92 valence electrons. The quantitative estimate of drug-likeness (QED) is 0.754. The Morgan fingerprint density at radius 2 is 1.94 bits per heavy atom. The third-order valence-corrected chi connectivity index (χ3v) is 3.37. The second-order valence-corrected chi connectivity index (χ2v) is 4.44. The van der Waals surface area contributed by atoms with Crippen LogP contribution in [-0.2, 0) is 0 Å². The molecule has 1 atom stereocenters. The minimum atomic E-state index is 0.452. The summed E-state index contributed by atoms with van der Waals surface area (Å²) in [6.45, 7) is 9.87. The molecule has 0 aliphatic carbocycles. The lowest BCUT2D eigenvalue weighted by Gasteiger charge is -2.26. The molecule has 1 rings (SSSR count). The molecule has 0 radical (unpaired) electrons. The Labute approximate surface area is 99.4 Å². The monoisotopic (exact) mass is 223 g/mol. The van der Waals surface area contributed by atoms with E-state index in [9.17, 15) is 0 Å². The van der Waals surface area contributed by atoms with Crippen molar-refractivity contribution >= 4 is 0 Å². The van der Waals surface area contributed by atoms with Crippen LogP contribution in [-0.4, -0.2) is 6.54 Å². The Hall–Kier alpha value is -0.760. The van der Waals surface area contributed by atoms with Crippen molar-refractivity contribution < 1.29 is 4.42 Å². The molecule has 1 heterocycles. The number of furan rings is 1. The Morgan fingerprint density at radius 1 is 1.25 bits per heavy atom. The Balaban J connectivity index is 2.82. The van der Waals surface area contributed by atoms with Crippen molar-refractivity contribution in [3.05, 3.63) is 23.7 Å². The van der Waals surface area contributed by atoms with Gasteiger partial charge in [-0.1, -0.05) is 33.6 Å². The van der Waals surface area contributed by atoms with Crippen LogP contribution in [0.25, 0.3) is 0 Å². The fourth-order valence-corrected chi connectivity index (χ4v) is 2.31. The molecule has 0 bridgehead atoms. The molecule has 16 heavy (non-hydrogen) atoms. The van der Waals surface area contributed by atoms with Crippen LogP contribution in [0.2, 0.25) is 0 Å². The molecule has 0 spiro atoms. The van der Waals surface area contributed by atoms with Crippen molar-refractivity contribution in [2.45, 2.75) is 53.0 Å². The zero-order valence-corrected chi connectivity index (χ0v) is 11.0. The van der Waals surface area contributed by atoms with Gasteiger partial charge in [-0.2, -0.15) is 0 Å². The molecule has 0 fully saturated rings. The fraction of sp³-hybridized carbons (Fsp3) is 0.714. The van der Waals surface area contributed by atoms with Crippen molar-refractivity contribution in [3.63, 3.8) is 0 Å². The Kier molecular flexibility index (Phi) is 5.61. The molecule has 0 aliphatic heterocycles. The molecule has 0 aliphatic rings. The maximum Gasteiger partial charge on any atom is 0.105 e.